The minimum atomic E-state index is -2.38. The van der Waals surface area contributed by atoms with Gasteiger partial charge in [0.25, 0.3) is 9.70 Å². The van der Waals surface area contributed by atoms with Gasteiger partial charge in [-0.1, -0.05) is 34.8 Å². The zero-order valence-electron chi connectivity index (χ0n) is 10.7. The van der Waals surface area contributed by atoms with Crippen LogP contribution in [0.5, 0.6) is 0 Å². The molecule has 0 aliphatic heterocycles. The fourth-order valence-electron chi connectivity index (χ4n) is 1.27. The van der Waals surface area contributed by atoms with E-state index in [1.54, 1.807) is 5.32 Å². The van der Waals surface area contributed by atoms with Gasteiger partial charge in [-0.15, -0.1) is 0 Å². The molecule has 1 aromatic carbocycles. The third kappa shape index (κ3) is 4.70. The zero-order valence-corrected chi connectivity index (χ0v) is 14.5. The van der Waals surface area contributed by atoms with Crippen molar-refractivity contribution >= 4 is 74.3 Å². The number of halogens is 5. The molecular weight excluding hydrogens is 429 g/mol. The SMILES string of the molecule is COC(=O)c1ccc(Br)c(F)c1NC(=O)NC(=O)C(Cl)(Cl)Cl. The lowest BCUT2D eigenvalue weighted by atomic mass is 10.1. The first-order valence-corrected chi connectivity index (χ1v) is 7.26. The molecule has 1 rings (SSSR count). The number of nitrogens with one attached hydrogen (secondary N) is 2. The molecule has 0 unspecified atom stereocenters. The lowest BCUT2D eigenvalue weighted by Gasteiger charge is -2.14. The molecule has 0 radical (unpaired) electrons. The lowest BCUT2D eigenvalue weighted by Crippen LogP contribution is -2.41. The van der Waals surface area contributed by atoms with E-state index >= 15 is 0 Å². The van der Waals surface area contributed by atoms with Crippen LogP contribution in [0.4, 0.5) is 14.9 Å². The minimum Gasteiger partial charge on any atom is -0.465 e. The molecule has 0 aliphatic carbocycles. The van der Waals surface area contributed by atoms with E-state index in [1.165, 1.54) is 12.1 Å². The summed E-state index contributed by atoms with van der Waals surface area (Å²) in [4.78, 5) is 34.5. The number of urea groups is 1. The molecule has 0 aliphatic rings. The Hall–Kier alpha value is -1.09. The van der Waals surface area contributed by atoms with Gasteiger partial charge in [0.1, 0.15) is 0 Å². The molecule has 6 nitrogen and oxygen atoms in total. The van der Waals surface area contributed by atoms with Crippen LogP contribution in [0.2, 0.25) is 0 Å². The summed E-state index contributed by atoms with van der Waals surface area (Å²) in [5.41, 5.74) is -0.768. The normalized spacial score (nSPS) is 10.8. The van der Waals surface area contributed by atoms with Gasteiger partial charge in [-0.2, -0.15) is 0 Å². The molecule has 0 bridgehead atoms. The number of amides is 3. The van der Waals surface area contributed by atoms with Crippen LogP contribution < -0.4 is 10.6 Å². The summed E-state index contributed by atoms with van der Waals surface area (Å²) in [6.07, 6.45) is 0. The van der Waals surface area contributed by atoms with Gasteiger partial charge < -0.3 is 10.1 Å². The second kappa shape index (κ2) is 7.45. The predicted molar refractivity (Wildman–Crippen MR) is 82.9 cm³/mol. The second-order valence-corrected chi connectivity index (χ2v) is 6.82. The van der Waals surface area contributed by atoms with E-state index in [9.17, 15) is 18.8 Å². The average Bonchev–Trinajstić information content (AvgIpc) is 2.42. The summed E-state index contributed by atoms with van der Waals surface area (Å²) < 4.78 is 16.1. The minimum absolute atomic E-state index is 0.0249. The molecule has 1 aromatic rings. The Kier molecular flexibility index (Phi) is 6.42. The number of rotatable bonds is 2. The predicted octanol–water partition coefficient (Wildman–Crippen LogP) is 3.39. The van der Waals surface area contributed by atoms with E-state index in [-0.39, 0.29) is 10.0 Å². The van der Waals surface area contributed by atoms with Crippen molar-refractivity contribution < 1.29 is 23.5 Å². The van der Waals surface area contributed by atoms with Crippen LogP contribution in [0, 0.1) is 5.82 Å². The van der Waals surface area contributed by atoms with Crippen molar-refractivity contribution in [1.29, 1.82) is 0 Å². The van der Waals surface area contributed by atoms with Crippen LogP contribution in [-0.2, 0) is 9.53 Å². The largest absolute Gasteiger partial charge is 0.465 e. The maximum atomic E-state index is 14.0. The Morgan fingerprint density at radius 2 is 1.86 bits per heavy atom. The molecule has 3 amide bonds. The molecule has 0 spiro atoms. The third-order valence-electron chi connectivity index (χ3n) is 2.22. The Morgan fingerprint density at radius 3 is 2.36 bits per heavy atom. The summed E-state index contributed by atoms with van der Waals surface area (Å²) in [5.74, 6) is -3.08. The van der Waals surface area contributed by atoms with E-state index in [4.69, 9.17) is 34.8 Å². The first kappa shape index (κ1) is 19.0. The number of imide groups is 1. The summed E-state index contributed by atoms with van der Waals surface area (Å²) >= 11 is 18.7. The van der Waals surface area contributed by atoms with Gasteiger partial charge in [0.05, 0.1) is 22.8 Å². The Bertz CT molecular complexity index is 636. The Morgan fingerprint density at radius 1 is 1.27 bits per heavy atom. The monoisotopic (exact) mass is 434 g/mol. The third-order valence-corrected chi connectivity index (χ3v) is 3.35. The van der Waals surface area contributed by atoms with E-state index in [0.29, 0.717) is 0 Å². The van der Waals surface area contributed by atoms with Crippen molar-refractivity contribution in [2.75, 3.05) is 12.4 Å². The number of benzene rings is 1. The highest BCUT2D eigenvalue weighted by Crippen LogP contribution is 2.28. The molecular formula is C11H7BrCl3FN2O4. The van der Waals surface area contributed by atoms with Gasteiger partial charge >= 0.3 is 12.0 Å². The molecule has 0 saturated heterocycles. The van der Waals surface area contributed by atoms with Crippen molar-refractivity contribution in [1.82, 2.24) is 5.32 Å². The standard InChI is InChI=1S/C11H7BrCl3FN2O4/c1-22-8(19)4-2-3-5(12)6(16)7(4)17-10(21)18-9(20)11(13,14)15/h2-3H,1H3,(H2,17,18,20,21). The zero-order chi connectivity index (χ0) is 17.1. The molecule has 0 atom stereocenters. The maximum absolute atomic E-state index is 14.0. The highest BCUT2D eigenvalue weighted by Gasteiger charge is 2.32. The van der Waals surface area contributed by atoms with Gasteiger partial charge in [0.2, 0.25) is 0 Å². The van der Waals surface area contributed by atoms with Gasteiger partial charge in [-0.25, -0.2) is 14.0 Å². The summed E-state index contributed by atoms with van der Waals surface area (Å²) in [7, 11) is 1.08. The molecule has 11 heteroatoms. The van der Waals surface area contributed by atoms with Crippen LogP contribution in [0.1, 0.15) is 10.4 Å². The number of carbonyl (C=O) groups is 3. The van der Waals surface area contributed by atoms with Crippen LogP contribution in [0.15, 0.2) is 16.6 Å². The number of alkyl halides is 3. The van der Waals surface area contributed by atoms with Gasteiger partial charge in [-0.05, 0) is 28.1 Å². The summed E-state index contributed by atoms with van der Waals surface area (Å²) in [6, 6.07) is 1.26. The van der Waals surface area contributed by atoms with E-state index < -0.39 is 33.2 Å². The average molecular weight is 436 g/mol. The maximum Gasteiger partial charge on any atom is 0.340 e. The number of methoxy groups -OCH3 is 1. The highest BCUT2D eigenvalue weighted by atomic mass is 79.9. The summed E-state index contributed by atoms with van der Waals surface area (Å²) in [5, 5.41) is 3.67. The van der Waals surface area contributed by atoms with Crippen molar-refractivity contribution in [2.45, 2.75) is 3.79 Å². The molecule has 0 aromatic heterocycles. The fraction of sp³-hybridized carbons (Fsp3) is 0.182. The van der Waals surface area contributed by atoms with Gasteiger partial charge in [0, 0.05) is 0 Å². The molecule has 0 saturated carbocycles. The van der Waals surface area contributed by atoms with Crippen molar-refractivity contribution in [3.8, 4) is 0 Å². The van der Waals surface area contributed by atoms with Gasteiger partial charge in [-0.3, -0.25) is 10.1 Å². The van der Waals surface area contributed by atoms with Crippen LogP contribution in [0.3, 0.4) is 0 Å². The lowest BCUT2D eigenvalue weighted by molar-refractivity contribution is -0.119. The molecule has 22 heavy (non-hydrogen) atoms. The van der Waals surface area contributed by atoms with Crippen molar-refractivity contribution in [2.24, 2.45) is 0 Å². The quantitative estimate of drug-likeness (QED) is 0.550. The highest BCUT2D eigenvalue weighted by molar-refractivity contribution is 9.10. The summed E-state index contributed by atoms with van der Waals surface area (Å²) in [6.45, 7) is 0. The van der Waals surface area contributed by atoms with E-state index in [1.807, 2.05) is 5.32 Å². The van der Waals surface area contributed by atoms with Gasteiger partial charge in [0.15, 0.2) is 5.82 Å². The van der Waals surface area contributed by atoms with Crippen LogP contribution in [0.25, 0.3) is 0 Å². The number of anilines is 1. The van der Waals surface area contributed by atoms with Crippen molar-refractivity contribution in [3.05, 3.63) is 28.0 Å². The Labute approximate surface area is 147 Å². The second-order valence-electron chi connectivity index (χ2n) is 3.68. The fourth-order valence-corrected chi connectivity index (χ4v) is 1.74. The van der Waals surface area contributed by atoms with E-state index in [2.05, 4.69) is 20.7 Å². The van der Waals surface area contributed by atoms with Crippen LogP contribution in [-0.4, -0.2) is 28.8 Å². The first-order chi connectivity index (χ1) is 10.1. The first-order valence-electron chi connectivity index (χ1n) is 5.33. The van der Waals surface area contributed by atoms with Crippen molar-refractivity contribution in [3.63, 3.8) is 0 Å². The topological polar surface area (TPSA) is 84.5 Å². The number of carbonyl (C=O) groups excluding carboxylic acids is 3. The smallest absolute Gasteiger partial charge is 0.340 e. The molecule has 0 fully saturated rings. The molecule has 2 N–H and O–H groups in total. The number of esters is 1. The Balaban J connectivity index is 3.06. The molecule has 120 valence electrons. The number of hydrogen-bond donors (Lipinski definition) is 2. The number of hydrogen-bond acceptors (Lipinski definition) is 4. The van der Waals surface area contributed by atoms with Crippen LogP contribution >= 0.6 is 50.7 Å². The molecule has 0 heterocycles. The van der Waals surface area contributed by atoms with E-state index in [0.717, 1.165) is 7.11 Å². The number of ether oxygens (including phenoxy) is 1.